The first kappa shape index (κ1) is 23.8. The van der Waals surface area contributed by atoms with Crippen LogP contribution in [-0.2, 0) is 16.6 Å². The summed E-state index contributed by atoms with van der Waals surface area (Å²) >= 11 is 1.47. The van der Waals surface area contributed by atoms with E-state index in [9.17, 15) is 9.59 Å². The number of pyridine rings is 1. The summed E-state index contributed by atoms with van der Waals surface area (Å²) in [6, 6.07) is 1.74. The lowest BCUT2D eigenvalue weighted by molar-refractivity contribution is -0.159. The van der Waals surface area contributed by atoms with Gasteiger partial charge in [-0.2, -0.15) is 10.2 Å². The maximum absolute atomic E-state index is 13.2. The summed E-state index contributed by atoms with van der Waals surface area (Å²) < 4.78 is 8.90. The average molecular weight is 521 g/mol. The van der Waals surface area contributed by atoms with Crippen molar-refractivity contribution < 1.29 is 14.3 Å². The summed E-state index contributed by atoms with van der Waals surface area (Å²) in [4.78, 5) is 34.4. The highest BCUT2D eigenvalue weighted by molar-refractivity contribution is 7.21. The molecule has 0 aromatic carbocycles. The van der Waals surface area contributed by atoms with E-state index in [1.807, 2.05) is 26.4 Å². The van der Waals surface area contributed by atoms with Gasteiger partial charge >= 0.3 is 0 Å². The van der Waals surface area contributed by atoms with Crippen molar-refractivity contribution in [2.75, 3.05) is 36.9 Å². The second-order valence-corrected chi connectivity index (χ2v) is 10.8. The maximum Gasteiger partial charge on any atom is 0.260 e. The molecular weight excluding hydrogens is 492 g/mol. The molecular formula is C25H28N8O3S. The highest BCUT2D eigenvalue weighted by Crippen LogP contribution is 2.34. The molecule has 4 aromatic heterocycles. The summed E-state index contributed by atoms with van der Waals surface area (Å²) in [7, 11) is 1.86. The minimum absolute atomic E-state index is 0.00978. The fraction of sp³-hybridized carbons (Fsp3) is 0.400. The third-order valence-corrected chi connectivity index (χ3v) is 8.28. The lowest BCUT2D eigenvalue weighted by Gasteiger charge is -2.52. The first-order chi connectivity index (χ1) is 17.9. The molecule has 12 heteroatoms. The van der Waals surface area contributed by atoms with Crippen LogP contribution in [0.1, 0.15) is 35.3 Å². The molecule has 0 radical (unpaired) electrons. The number of hydrogen-bond acceptors (Lipinski definition) is 8. The van der Waals surface area contributed by atoms with Crippen molar-refractivity contribution in [3.8, 4) is 10.4 Å². The number of likely N-dealkylation sites (tertiary alicyclic amines) is 1. The van der Waals surface area contributed by atoms with Crippen LogP contribution < -0.4 is 10.6 Å². The minimum Gasteiger partial charge on any atom is -0.377 e. The van der Waals surface area contributed by atoms with Crippen LogP contribution in [0.5, 0.6) is 0 Å². The van der Waals surface area contributed by atoms with E-state index in [1.165, 1.54) is 17.8 Å². The monoisotopic (exact) mass is 520 g/mol. The number of carbonyl (C=O) groups is 2. The topological polar surface area (TPSA) is 119 Å². The van der Waals surface area contributed by atoms with Gasteiger partial charge in [0, 0.05) is 25.0 Å². The van der Waals surface area contributed by atoms with Crippen LogP contribution in [0, 0.1) is 6.92 Å². The van der Waals surface area contributed by atoms with Gasteiger partial charge in [0.05, 0.1) is 71.4 Å². The molecule has 0 saturated carbocycles. The maximum atomic E-state index is 13.2. The number of ether oxygens (including phenoxy) is 1. The molecule has 0 bridgehead atoms. The molecule has 6 heterocycles. The molecule has 2 aliphatic heterocycles. The molecule has 2 fully saturated rings. The van der Waals surface area contributed by atoms with E-state index >= 15 is 0 Å². The standard InChI is InChI=1S/C25H28N8O3S/c1-16-20(7-18(9-26-16)29-22(34)13-32-6-4-3-5-25(32)14-36-15-25)30-23(35)19-10-28-33-12-21(37-24(19)33)17-8-27-31(2)11-17/h7-12H,3-6,13-15H2,1-2H3,(H,29,34)(H,30,35). The zero-order valence-corrected chi connectivity index (χ0v) is 21.5. The number of piperidine rings is 1. The zero-order chi connectivity index (χ0) is 25.6. The normalized spacial score (nSPS) is 17.1. The number of thiazole rings is 1. The van der Waals surface area contributed by atoms with Crippen molar-refractivity contribution in [1.29, 1.82) is 0 Å². The highest BCUT2D eigenvalue weighted by Gasteiger charge is 2.45. The van der Waals surface area contributed by atoms with E-state index in [1.54, 1.807) is 33.9 Å². The summed E-state index contributed by atoms with van der Waals surface area (Å²) in [5.41, 5.74) is 3.17. The van der Waals surface area contributed by atoms with Gasteiger partial charge in [-0.05, 0) is 32.4 Å². The van der Waals surface area contributed by atoms with Crippen LogP contribution in [0.4, 0.5) is 11.4 Å². The van der Waals surface area contributed by atoms with Crippen molar-refractivity contribution in [3.63, 3.8) is 0 Å². The van der Waals surface area contributed by atoms with E-state index in [4.69, 9.17) is 4.74 Å². The molecule has 37 heavy (non-hydrogen) atoms. The van der Waals surface area contributed by atoms with Crippen molar-refractivity contribution in [2.45, 2.75) is 31.7 Å². The molecule has 1 spiro atoms. The lowest BCUT2D eigenvalue weighted by Crippen LogP contribution is -2.65. The number of fused-ring (bicyclic) bond motifs is 1. The number of rotatable bonds is 6. The largest absolute Gasteiger partial charge is 0.377 e. The van der Waals surface area contributed by atoms with Crippen molar-refractivity contribution in [2.24, 2.45) is 7.05 Å². The number of hydrogen-bond donors (Lipinski definition) is 2. The van der Waals surface area contributed by atoms with Crippen LogP contribution in [0.15, 0.2) is 37.1 Å². The SMILES string of the molecule is Cc1ncc(NC(=O)CN2CCCCC23COC3)cc1NC(=O)c1cnn2cc(-c3cnn(C)c3)sc12. The Kier molecular flexibility index (Phi) is 6.01. The van der Waals surface area contributed by atoms with E-state index in [-0.39, 0.29) is 17.4 Å². The first-order valence-corrected chi connectivity index (χ1v) is 13.1. The van der Waals surface area contributed by atoms with Crippen molar-refractivity contribution >= 4 is 39.4 Å². The number of aromatic nitrogens is 5. The molecule has 0 aliphatic carbocycles. The summed E-state index contributed by atoms with van der Waals surface area (Å²) in [6.07, 6.45) is 12.1. The second kappa shape index (κ2) is 9.36. The van der Waals surface area contributed by atoms with E-state index in [2.05, 4.69) is 30.7 Å². The van der Waals surface area contributed by atoms with Gasteiger partial charge in [0.2, 0.25) is 5.91 Å². The molecule has 2 aliphatic rings. The Labute approximate surface area is 217 Å². The average Bonchev–Trinajstić information content (AvgIpc) is 3.56. The number of nitrogens with zero attached hydrogens (tertiary/aromatic N) is 6. The smallest absolute Gasteiger partial charge is 0.260 e. The number of anilines is 2. The third-order valence-electron chi connectivity index (χ3n) is 7.12. The quantitative estimate of drug-likeness (QED) is 0.401. The van der Waals surface area contributed by atoms with Gasteiger partial charge in [0.25, 0.3) is 5.91 Å². The van der Waals surface area contributed by atoms with E-state index in [0.29, 0.717) is 42.4 Å². The Bertz CT molecular complexity index is 1480. The van der Waals surface area contributed by atoms with Crippen LogP contribution in [0.3, 0.4) is 0 Å². The van der Waals surface area contributed by atoms with Crippen LogP contribution >= 0.6 is 11.3 Å². The highest BCUT2D eigenvalue weighted by atomic mass is 32.1. The van der Waals surface area contributed by atoms with Crippen molar-refractivity contribution in [3.05, 3.63) is 48.3 Å². The number of nitrogens with one attached hydrogen (secondary N) is 2. The fourth-order valence-electron chi connectivity index (χ4n) is 4.98. The van der Waals surface area contributed by atoms with Crippen LogP contribution in [0.25, 0.3) is 15.3 Å². The zero-order valence-electron chi connectivity index (χ0n) is 20.7. The minimum atomic E-state index is -0.289. The molecule has 2 amide bonds. The second-order valence-electron chi connectivity index (χ2n) is 9.76. The van der Waals surface area contributed by atoms with Crippen molar-refractivity contribution in [1.82, 2.24) is 29.3 Å². The van der Waals surface area contributed by atoms with Gasteiger partial charge in [-0.3, -0.25) is 24.2 Å². The summed E-state index contributed by atoms with van der Waals surface area (Å²) in [6.45, 7) is 4.41. The van der Waals surface area contributed by atoms with Gasteiger partial charge in [-0.1, -0.05) is 6.42 Å². The molecule has 0 unspecified atom stereocenters. The van der Waals surface area contributed by atoms with Gasteiger partial charge in [0.15, 0.2) is 0 Å². The molecule has 2 N–H and O–H groups in total. The molecule has 6 rings (SSSR count). The third kappa shape index (κ3) is 4.52. The number of carbonyl (C=O) groups excluding carboxylic acids is 2. The number of aryl methyl sites for hydroxylation is 2. The Hall–Kier alpha value is -3.61. The fourth-order valence-corrected chi connectivity index (χ4v) is 6.01. The molecule has 4 aromatic rings. The number of amides is 2. The summed E-state index contributed by atoms with van der Waals surface area (Å²) in [5.74, 6) is -0.390. The van der Waals surface area contributed by atoms with Crippen LogP contribution in [-0.4, -0.2) is 72.9 Å². The molecule has 2 saturated heterocycles. The first-order valence-electron chi connectivity index (χ1n) is 12.3. The van der Waals surface area contributed by atoms with Crippen LogP contribution in [0.2, 0.25) is 0 Å². The lowest BCUT2D eigenvalue weighted by atomic mass is 9.85. The molecule has 11 nitrogen and oxygen atoms in total. The van der Waals surface area contributed by atoms with Gasteiger partial charge in [-0.15, -0.1) is 11.3 Å². The van der Waals surface area contributed by atoms with Gasteiger partial charge in [-0.25, -0.2) is 4.52 Å². The summed E-state index contributed by atoms with van der Waals surface area (Å²) in [5, 5.41) is 14.4. The Balaban J connectivity index is 1.15. The Morgan fingerprint density at radius 2 is 2.00 bits per heavy atom. The Morgan fingerprint density at radius 1 is 1.14 bits per heavy atom. The predicted molar refractivity (Wildman–Crippen MR) is 140 cm³/mol. The van der Waals surface area contributed by atoms with Gasteiger partial charge < -0.3 is 15.4 Å². The van der Waals surface area contributed by atoms with Gasteiger partial charge in [0.1, 0.15) is 4.83 Å². The molecule has 0 atom stereocenters. The van der Waals surface area contributed by atoms with E-state index in [0.717, 1.165) is 34.7 Å². The van der Waals surface area contributed by atoms with E-state index < -0.39 is 0 Å². The predicted octanol–water partition coefficient (Wildman–Crippen LogP) is 2.95. The Morgan fingerprint density at radius 3 is 2.76 bits per heavy atom. The molecule has 192 valence electrons.